The van der Waals surface area contributed by atoms with Gasteiger partial charge in [-0.1, -0.05) is 32.0 Å². The molecular formula is C16H24FN. The molecule has 0 aromatic heterocycles. The van der Waals surface area contributed by atoms with Crippen molar-refractivity contribution < 1.29 is 4.39 Å². The van der Waals surface area contributed by atoms with Gasteiger partial charge in [-0.15, -0.1) is 0 Å². The van der Waals surface area contributed by atoms with Crippen molar-refractivity contribution in [3.05, 3.63) is 35.6 Å². The highest BCUT2D eigenvalue weighted by molar-refractivity contribution is 5.18. The van der Waals surface area contributed by atoms with Gasteiger partial charge in [0.2, 0.25) is 0 Å². The quantitative estimate of drug-likeness (QED) is 0.867. The van der Waals surface area contributed by atoms with Crippen molar-refractivity contribution >= 4 is 0 Å². The highest BCUT2D eigenvalue weighted by atomic mass is 19.1. The van der Waals surface area contributed by atoms with Gasteiger partial charge >= 0.3 is 0 Å². The van der Waals surface area contributed by atoms with Crippen LogP contribution in [-0.4, -0.2) is 6.04 Å². The highest BCUT2D eigenvalue weighted by Gasteiger charge is 2.30. The van der Waals surface area contributed by atoms with Gasteiger partial charge in [-0.05, 0) is 55.1 Å². The molecule has 0 spiro atoms. The maximum Gasteiger partial charge on any atom is 0.126 e. The van der Waals surface area contributed by atoms with E-state index in [9.17, 15) is 4.39 Å². The zero-order valence-corrected chi connectivity index (χ0v) is 11.4. The predicted octanol–water partition coefficient (Wildman–Crippen LogP) is 3.77. The molecule has 0 amide bonds. The molecule has 1 aliphatic rings. The lowest BCUT2D eigenvalue weighted by Gasteiger charge is -2.36. The van der Waals surface area contributed by atoms with Crippen LogP contribution in [0.3, 0.4) is 0 Å². The number of rotatable bonds is 3. The second-order valence-electron chi connectivity index (χ2n) is 6.04. The van der Waals surface area contributed by atoms with Crippen molar-refractivity contribution in [2.75, 3.05) is 0 Å². The summed E-state index contributed by atoms with van der Waals surface area (Å²) in [5.41, 5.74) is 7.04. The standard InChI is InChI=1S/C16H24FN/c1-11(2)12-7-8-16(18)14(9-12)10-13-5-3-4-6-15(13)17/h3-6,11-12,14,16H,7-10,18H2,1-2H3. The Morgan fingerprint density at radius 3 is 2.67 bits per heavy atom. The van der Waals surface area contributed by atoms with Crippen molar-refractivity contribution in [3.63, 3.8) is 0 Å². The molecule has 0 saturated heterocycles. The van der Waals surface area contributed by atoms with Gasteiger partial charge < -0.3 is 5.73 Å². The molecule has 2 rings (SSSR count). The summed E-state index contributed by atoms with van der Waals surface area (Å²) < 4.78 is 13.7. The minimum Gasteiger partial charge on any atom is -0.327 e. The van der Waals surface area contributed by atoms with Gasteiger partial charge in [-0.3, -0.25) is 0 Å². The molecule has 2 N–H and O–H groups in total. The smallest absolute Gasteiger partial charge is 0.126 e. The van der Waals surface area contributed by atoms with E-state index in [0.29, 0.717) is 11.8 Å². The largest absolute Gasteiger partial charge is 0.327 e. The number of benzene rings is 1. The first-order valence-corrected chi connectivity index (χ1v) is 7.07. The van der Waals surface area contributed by atoms with E-state index in [1.54, 1.807) is 12.1 Å². The number of halogens is 1. The van der Waals surface area contributed by atoms with E-state index in [1.807, 2.05) is 12.1 Å². The van der Waals surface area contributed by atoms with Crippen LogP contribution >= 0.6 is 0 Å². The first-order chi connectivity index (χ1) is 8.58. The van der Waals surface area contributed by atoms with Crippen LogP contribution in [0, 0.1) is 23.6 Å². The number of hydrogen-bond acceptors (Lipinski definition) is 1. The Hall–Kier alpha value is -0.890. The lowest BCUT2D eigenvalue weighted by molar-refractivity contribution is 0.188. The summed E-state index contributed by atoms with van der Waals surface area (Å²) >= 11 is 0. The maximum absolute atomic E-state index is 13.7. The van der Waals surface area contributed by atoms with E-state index in [-0.39, 0.29) is 11.9 Å². The van der Waals surface area contributed by atoms with Gasteiger partial charge in [0, 0.05) is 6.04 Å². The van der Waals surface area contributed by atoms with Crippen LogP contribution in [0.2, 0.25) is 0 Å². The summed E-state index contributed by atoms with van der Waals surface area (Å²) in [7, 11) is 0. The van der Waals surface area contributed by atoms with E-state index >= 15 is 0 Å². The number of nitrogens with two attached hydrogens (primary N) is 1. The second-order valence-corrected chi connectivity index (χ2v) is 6.04. The zero-order valence-electron chi connectivity index (χ0n) is 11.4. The van der Waals surface area contributed by atoms with Crippen LogP contribution in [0.5, 0.6) is 0 Å². The molecule has 1 aromatic rings. The summed E-state index contributed by atoms with van der Waals surface area (Å²) in [6, 6.07) is 7.33. The molecule has 1 nitrogen and oxygen atoms in total. The number of hydrogen-bond donors (Lipinski definition) is 1. The van der Waals surface area contributed by atoms with Gasteiger partial charge in [0.25, 0.3) is 0 Å². The van der Waals surface area contributed by atoms with Crippen molar-refractivity contribution in [2.45, 2.75) is 45.6 Å². The van der Waals surface area contributed by atoms with Crippen LogP contribution in [0.4, 0.5) is 4.39 Å². The third kappa shape index (κ3) is 3.11. The van der Waals surface area contributed by atoms with Crippen LogP contribution < -0.4 is 5.73 Å². The van der Waals surface area contributed by atoms with Crippen LogP contribution in [0.15, 0.2) is 24.3 Å². The summed E-state index contributed by atoms with van der Waals surface area (Å²) in [6.45, 7) is 4.56. The summed E-state index contributed by atoms with van der Waals surface area (Å²) in [5, 5.41) is 0. The van der Waals surface area contributed by atoms with Crippen LogP contribution in [0.1, 0.15) is 38.7 Å². The summed E-state index contributed by atoms with van der Waals surface area (Å²) in [6.07, 6.45) is 4.25. The molecule has 3 unspecified atom stereocenters. The average molecular weight is 249 g/mol. The van der Waals surface area contributed by atoms with Crippen LogP contribution in [-0.2, 0) is 6.42 Å². The third-order valence-corrected chi connectivity index (χ3v) is 4.46. The lowest BCUT2D eigenvalue weighted by Crippen LogP contribution is -2.38. The fourth-order valence-electron chi connectivity index (χ4n) is 3.11. The minimum absolute atomic E-state index is 0.0867. The van der Waals surface area contributed by atoms with Crippen molar-refractivity contribution in [1.29, 1.82) is 0 Å². The molecule has 1 fully saturated rings. The lowest BCUT2D eigenvalue weighted by atomic mass is 9.72. The highest BCUT2D eigenvalue weighted by Crippen LogP contribution is 2.35. The third-order valence-electron chi connectivity index (χ3n) is 4.46. The molecule has 0 heterocycles. The monoisotopic (exact) mass is 249 g/mol. The zero-order chi connectivity index (χ0) is 13.1. The Labute approximate surface area is 110 Å². The second kappa shape index (κ2) is 5.83. The molecule has 1 saturated carbocycles. The van der Waals surface area contributed by atoms with E-state index in [2.05, 4.69) is 13.8 Å². The Morgan fingerprint density at radius 1 is 1.28 bits per heavy atom. The Kier molecular flexibility index (Phi) is 4.39. The summed E-state index contributed by atoms with van der Waals surface area (Å²) in [4.78, 5) is 0. The molecule has 18 heavy (non-hydrogen) atoms. The Balaban J connectivity index is 2.05. The van der Waals surface area contributed by atoms with E-state index < -0.39 is 0 Å². The van der Waals surface area contributed by atoms with Gasteiger partial charge in [0.15, 0.2) is 0 Å². The van der Waals surface area contributed by atoms with E-state index in [1.165, 1.54) is 6.42 Å². The topological polar surface area (TPSA) is 26.0 Å². The maximum atomic E-state index is 13.7. The van der Waals surface area contributed by atoms with Gasteiger partial charge in [0.05, 0.1) is 0 Å². The molecule has 0 bridgehead atoms. The van der Waals surface area contributed by atoms with E-state index in [0.717, 1.165) is 30.7 Å². The SMILES string of the molecule is CC(C)C1CCC(N)C(Cc2ccccc2F)C1. The van der Waals surface area contributed by atoms with E-state index in [4.69, 9.17) is 5.73 Å². The van der Waals surface area contributed by atoms with Gasteiger partial charge in [-0.2, -0.15) is 0 Å². The van der Waals surface area contributed by atoms with Gasteiger partial charge in [0.1, 0.15) is 5.82 Å². The van der Waals surface area contributed by atoms with Crippen LogP contribution in [0.25, 0.3) is 0 Å². The molecule has 1 aliphatic carbocycles. The molecule has 1 aromatic carbocycles. The minimum atomic E-state index is -0.0867. The molecule has 100 valence electrons. The summed E-state index contributed by atoms with van der Waals surface area (Å²) in [5.74, 6) is 1.81. The van der Waals surface area contributed by atoms with Crippen molar-refractivity contribution in [3.8, 4) is 0 Å². The van der Waals surface area contributed by atoms with Crippen molar-refractivity contribution in [2.24, 2.45) is 23.5 Å². The van der Waals surface area contributed by atoms with Gasteiger partial charge in [-0.25, -0.2) is 4.39 Å². The first kappa shape index (κ1) is 13.5. The normalized spacial score (nSPS) is 28.6. The molecule has 2 heteroatoms. The average Bonchev–Trinajstić information content (AvgIpc) is 2.34. The molecular weight excluding hydrogens is 225 g/mol. The Bertz CT molecular complexity index is 388. The fraction of sp³-hybridized carbons (Fsp3) is 0.625. The molecule has 0 radical (unpaired) electrons. The van der Waals surface area contributed by atoms with Crippen molar-refractivity contribution in [1.82, 2.24) is 0 Å². The molecule has 0 aliphatic heterocycles. The predicted molar refractivity (Wildman–Crippen MR) is 73.7 cm³/mol. The first-order valence-electron chi connectivity index (χ1n) is 7.07. The fourth-order valence-corrected chi connectivity index (χ4v) is 3.11. The molecule has 3 atom stereocenters. The Morgan fingerprint density at radius 2 is 2.00 bits per heavy atom.